The smallest absolute Gasteiger partial charge is 0.407 e. The van der Waals surface area contributed by atoms with Crippen LogP contribution in [0.1, 0.15) is 31.3 Å². The van der Waals surface area contributed by atoms with Crippen LogP contribution in [0.15, 0.2) is 18.3 Å². The van der Waals surface area contributed by atoms with E-state index in [0.29, 0.717) is 26.2 Å². The molecule has 0 fully saturated rings. The number of carbonyl (C=O) groups excluding carboxylic acids is 2. The average molecular weight is 340 g/mol. The molecule has 7 nitrogen and oxygen atoms in total. The zero-order valence-electron chi connectivity index (χ0n) is 14.6. The summed E-state index contributed by atoms with van der Waals surface area (Å²) in [5.74, 6) is -0.834. The van der Waals surface area contributed by atoms with Crippen LogP contribution in [0.3, 0.4) is 0 Å². The van der Waals surface area contributed by atoms with Crippen molar-refractivity contribution >= 4 is 12.0 Å². The number of ether oxygens (including phenoxy) is 1. The fourth-order valence-corrected chi connectivity index (χ4v) is 1.74. The molecule has 1 aromatic heterocycles. The van der Waals surface area contributed by atoms with Gasteiger partial charge in [0.2, 0.25) is 0 Å². The molecule has 1 rings (SSSR count). The lowest BCUT2D eigenvalue weighted by atomic mass is 10.2. The Morgan fingerprint density at radius 1 is 1.21 bits per heavy atom. The van der Waals surface area contributed by atoms with E-state index in [4.69, 9.17) is 4.74 Å². The van der Waals surface area contributed by atoms with E-state index in [1.165, 1.54) is 12.1 Å². The largest absolute Gasteiger partial charge is 0.444 e. The molecule has 2 amide bonds. The highest BCUT2D eigenvalue weighted by molar-refractivity contribution is 5.92. The van der Waals surface area contributed by atoms with Crippen LogP contribution in [0.2, 0.25) is 0 Å². The number of nitrogens with zero attached hydrogens (tertiary/aromatic N) is 2. The summed E-state index contributed by atoms with van der Waals surface area (Å²) in [6.07, 6.45) is 0.551. The van der Waals surface area contributed by atoms with E-state index in [1.54, 1.807) is 20.8 Å². The second kappa shape index (κ2) is 9.17. The number of halogens is 1. The van der Waals surface area contributed by atoms with Gasteiger partial charge in [-0.25, -0.2) is 14.2 Å². The number of rotatable bonds is 7. The molecule has 0 aliphatic heterocycles. The van der Waals surface area contributed by atoms with Gasteiger partial charge in [-0.2, -0.15) is 0 Å². The molecule has 134 valence electrons. The summed E-state index contributed by atoms with van der Waals surface area (Å²) in [6.45, 7) is 7.48. The Bertz CT molecular complexity index is 543. The number of hydrogen-bond acceptors (Lipinski definition) is 5. The fourth-order valence-electron chi connectivity index (χ4n) is 1.74. The van der Waals surface area contributed by atoms with Crippen LogP contribution in [0.4, 0.5) is 9.18 Å². The molecule has 24 heavy (non-hydrogen) atoms. The molecule has 0 aliphatic carbocycles. The first-order valence-corrected chi connectivity index (χ1v) is 7.72. The molecule has 0 saturated carbocycles. The first-order chi connectivity index (χ1) is 11.2. The van der Waals surface area contributed by atoms with Crippen LogP contribution in [0, 0.1) is 5.82 Å². The maximum atomic E-state index is 12.7. The number of aromatic nitrogens is 1. The minimum atomic E-state index is -0.519. The third-order valence-electron chi connectivity index (χ3n) is 2.90. The lowest BCUT2D eigenvalue weighted by Gasteiger charge is -2.21. The normalized spacial score (nSPS) is 11.2. The topological polar surface area (TPSA) is 83.6 Å². The van der Waals surface area contributed by atoms with Gasteiger partial charge in [0.1, 0.15) is 17.1 Å². The highest BCUT2D eigenvalue weighted by atomic mass is 19.1. The Hall–Kier alpha value is -2.22. The van der Waals surface area contributed by atoms with Gasteiger partial charge in [0, 0.05) is 26.2 Å². The molecule has 0 bridgehead atoms. The van der Waals surface area contributed by atoms with Crippen molar-refractivity contribution in [2.45, 2.75) is 26.4 Å². The van der Waals surface area contributed by atoms with Crippen LogP contribution in [0.5, 0.6) is 0 Å². The van der Waals surface area contributed by atoms with Gasteiger partial charge in [-0.15, -0.1) is 0 Å². The molecular formula is C16H25FN4O3. The van der Waals surface area contributed by atoms with Gasteiger partial charge in [0.15, 0.2) is 0 Å². The molecule has 0 aromatic carbocycles. The molecule has 0 unspecified atom stereocenters. The molecule has 0 radical (unpaired) electrons. The lowest BCUT2D eigenvalue weighted by Crippen LogP contribution is -2.39. The van der Waals surface area contributed by atoms with E-state index >= 15 is 0 Å². The zero-order valence-corrected chi connectivity index (χ0v) is 14.6. The number of alkyl carbamates (subject to hydrolysis) is 1. The molecule has 1 heterocycles. The molecule has 2 N–H and O–H groups in total. The number of amides is 2. The molecule has 8 heteroatoms. The number of pyridine rings is 1. The van der Waals surface area contributed by atoms with Gasteiger partial charge in [-0.1, -0.05) is 0 Å². The van der Waals surface area contributed by atoms with Gasteiger partial charge < -0.3 is 20.3 Å². The van der Waals surface area contributed by atoms with Crippen molar-refractivity contribution in [3.05, 3.63) is 29.8 Å². The van der Waals surface area contributed by atoms with Crippen LogP contribution >= 0.6 is 0 Å². The molecular weight excluding hydrogens is 315 g/mol. The van der Waals surface area contributed by atoms with Crippen molar-refractivity contribution in [1.29, 1.82) is 0 Å². The van der Waals surface area contributed by atoms with Crippen molar-refractivity contribution in [2.75, 3.05) is 33.2 Å². The van der Waals surface area contributed by atoms with Crippen LogP contribution in [0.25, 0.3) is 0 Å². The Kier molecular flexibility index (Phi) is 7.57. The highest BCUT2D eigenvalue weighted by Gasteiger charge is 2.15. The van der Waals surface area contributed by atoms with Crippen LogP contribution < -0.4 is 10.6 Å². The van der Waals surface area contributed by atoms with E-state index < -0.39 is 17.5 Å². The molecule has 0 spiro atoms. The minimum absolute atomic E-state index is 0.172. The summed E-state index contributed by atoms with van der Waals surface area (Å²) >= 11 is 0. The summed E-state index contributed by atoms with van der Waals surface area (Å²) in [7, 11) is 1.87. The van der Waals surface area contributed by atoms with Crippen LogP contribution in [-0.4, -0.2) is 60.7 Å². The monoisotopic (exact) mass is 340 g/mol. The van der Waals surface area contributed by atoms with E-state index in [9.17, 15) is 14.0 Å². The van der Waals surface area contributed by atoms with E-state index in [0.717, 1.165) is 6.20 Å². The first-order valence-electron chi connectivity index (χ1n) is 7.72. The van der Waals surface area contributed by atoms with Gasteiger partial charge in [0.05, 0.1) is 6.20 Å². The van der Waals surface area contributed by atoms with E-state index in [2.05, 4.69) is 15.6 Å². The van der Waals surface area contributed by atoms with Gasteiger partial charge >= 0.3 is 6.09 Å². The summed E-state index contributed by atoms with van der Waals surface area (Å²) < 4.78 is 17.9. The van der Waals surface area contributed by atoms with Crippen molar-refractivity contribution < 1.29 is 18.7 Å². The second-order valence-electron chi connectivity index (χ2n) is 6.35. The Labute approximate surface area is 141 Å². The predicted octanol–water partition coefficient (Wildman–Crippen LogP) is 1.41. The predicted molar refractivity (Wildman–Crippen MR) is 88.3 cm³/mol. The van der Waals surface area contributed by atoms with Crippen molar-refractivity contribution in [3.63, 3.8) is 0 Å². The maximum Gasteiger partial charge on any atom is 0.407 e. The van der Waals surface area contributed by atoms with Gasteiger partial charge in [-0.05, 0) is 40.0 Å². The summed E-state index contributed by atoms with van der Waals surface area (Å²) in [5, 5.41) is 5.37. The number of hydrogen-bond donors (Lipinski definition) is 2. The summed E-state index contributed by atoms with van der Waals surface area (Å²) in [6, 6.07) is 2.52. The van der Waals surface area contributed by atoms with Crippen LogP contribution in [-0.2, 0) is 4.74 Å². The number of nitrogens with one attached hydrogen (secondary N) is 2. The number of carbonyl (C=O) groups is 2. The third kappa shape index (κ3) is 8.42. The molecule has 0 aliphatic rings. The summed E-state index contributed by atoms with van der Waals surface area (Å²) in [4.78, 5) is 28.9. The lowest BCUT2D eigenvalue weighted by molar-refractivity contribution is 0.0524. The third-order valence-corrected chi connectivity index (χ3v) is 2.90. The van der Waals surface area contributed by atoms with Gasteiger partial charge in [0.25, 0.3) is 5.91 Å². The maximum absolute atomic E-state index is 12.7. The Morgan fingerprint density at radius 3 is 2.38 bits per heavy atom. The minimum Gasteiger partial charge on any atom is -0.444 e. The Balaban J connectivity index is 2.17. The average Bonchev–Trinajstić information content (AvgIpc) is 2.46. The van der Waals surface area contributed by atoms with E-state index in [-0.39, 0.29) is 11.6 Å². The molecule has 1 aromatic rings. The van der Waals surface area contributed by atoms with Crippen molar-refractivity contribution in [1.82, 2.24) is 20.5 Å². The highest BCUT2D eigenvalue weighted by Crippen LogP contribution is 2.06. The van der Waals surface area contributed by atoms with E-state index in [1.807, 2.05) is 11.9 Å². The quantitative estimate of drug-likeness (QED) is 0.784. The van der Waals surface area contributed by atoms with Crippen molar-refractivity contribution in [3.8, 4) is 0 Å². The Morgan fingerprint density at radius 2 is 1.83 bits per heavy atom. The zero-order chi connectivity index (χ0) is 18.2. The second-order valence-corrected chi connectivity index (χ2v) is 6.35. The fraction of sp³-hybridized carbons (Fsp3) is 0.562. The number of likely N-dealkylation sites (N-methyl/N-ethyl adjacent to an activating group) is 1. The van der Waals surface area contributed by atoms with Gasteiger partial charge in [-0.3, -0.25) is 4.79 Å². The SMILES string of the molecule is CN(CCNC(=O)OC(C)(C)C)CCNC(=O)c1ccc(F)cn1. The molecule has 0 saturated heterocycles. The summed E-state index contributed by atoms with van der Waals surface area (Å²) in [5.41, 5.74) is -0.347. The molecule has 0 atom stereocenters. The standard InChI is InChI=1S/C16H25FN4O3/c1-16(2,3)24-15(23)19-8-10-21(4)9-7-18-14(22)13-6-5-12(17)11-20-13/h5-6,11H,7-10H2,1-4H3,(H,18,22)(H,19,23). The van der Waals surface area contributed by atoms with Crippen molar-refractivity contribution in [2.24, 2.45) is 0 Å². The first kappa shape index (κ1) is 19.8.